The molecule has 0 saturated heterocycles. The van der Waals surface area contributed by atoms with Gasteiger partial charge in [0.25, 0.3) is 5.91 Å². The number of anilines is 1. The number of amides is 1. The van der Waals surface area contributed by atoms with Crippen LogP contribution in [0.1, 0.15) is 10.4 Å². The molecule has 0 radical (unpaired) electrons. The van der Waals surface area contributed by atoms with Gasteiger partial charge in [-0.3, -0.25) is 20.4 Å². The predicted molar refractivity (Wildman–Crippen MR) is 90.6 cm³/mol. The smallest absolute Gasteiger partial charge is 0.276 e. The monoisotopic (exact) mass is 372 g/mol. The van der Waals surface area contributed by atoms with Crippen LogP contribution in [-0.4, -0.2) is 18.8 Å². The first-order valence-electron chi connectivity index (χ1n) is 6.37. The van der Waals surface area contributed by atoms with Gasteiger partial charge in [0.15, 0.2) is 12.9 Å². The quantitative estimate of drug-likeness (QED) is 0.593. The van der Waals surface area contributed by atoms with Gasteiger partial charge in [-0.2, -0.15) is 0 Å². The third-order valence-electron chi connectivity index (χ3n) is 2.74. The second-order valence-electron chi connectivity index (χ2n) is 4.36. The molecular formula is C15H11Cl3N2O3. The minimum atomic E-state index is -0.479. The highest BCUT2D eigenvalue weighted by molar-refractivity contribution is 6.41. The van der Waals surface area contributed by atoms with E-state index in [9.17, 15) is 9.59 Å². The van der Waals surface area contributed by atoms with Gasteiger partial charge in [-0.1, -0.05) is 46.9 Å². The number of hydrazine groups is 1. The number of carbonyl (C=O) groups excluding carboxylic acids is 2. The summed E-state index contributed by atoms with van der Waals surface area (Å²) in [5.74, 6) is -0.159. The van der Waals surface area contributed by atoms with Gasteiger partial charge in [-0.15, -0.1) is 0 Å². The molecule has 0 spiro atoms. The van der Waals surface area contributed by atoms with Crippen molar-refractivity contribution in [2.45, 2.75) is 0 Å². The number of halogens is 3. The molecule has 0 fully saturated rings. The molecule has 120 valence electrons. The summed E-state index contributed by atoms with van der Waals surface area (Å²) in [6.45, 7) is -0.291. The minimum Gasteiger partial charge on any atom is -0.483 e. The van der Waals surface area contributed by atoms with E-state index in [4.69, 9.17) is 39.5 Å². The maximum atomic E-state index is 11.8. The van der Waals surface area contributed by atoms with Crippen LogP contribution in [0, 0.1) is 0 Å². The average Bonchev–Trinajstić information content (AvgIpc) is 2.52. The summed E-state index contributed by atoms with van der Waals surface area (Å²) in [4.78, 5) is 22.6. The number of rotatable bonds is 6. The second-order valence-corrected chi connectivity index (χ2v) is 5.61. The van der Waals surface area contributed by atoms with E-state index in [1.54, 1.807) is 24.3 Å². The lowest BCUT2D eigenvalue weighted by Crippen LogP contribution is -2.33. The highest BCUT2D eigenvalue weighted by Crippen LogP contribution is 2.33. The Balaban J connectivity index is 1.92. The zero-order valence-electron chi connectivity index (χ0n) is 11.6. The van der Waals surface area contributed by atoms with Crippen molar-refractivity contribution in [2.75, 3.05) is 12.0 Å². The van der Waals surface area contributed by atoms with Crippen molar-refractivity contribution in [2.24, 2.45) is 0 Å². The summed E-state index contributed by atoms with van der Waals surface area (Å²) in [7, 11) is 0. The Hall–Kier alpha value is -1.95. The zero-order valence-corrected chi connectivity index (χ0v) is 13.9. The maximum Gasteiger partial charge on any atom is 0.276 e. The molecule has 0 aliphatic heterocycles. The van der Waals surface area contributed by atoms with E-state index in [0.717, 1.165) is 0 Å². The summed E-state index contributed by atoms with van der Waals surface area (Å²) in [6, 6.07) is 9.55. The SMILES string of the molecule is O=Cc1ccccc1OCC(=O)NNc1c(Cl)cc(Cl)cc1Cl. The molecular weight excluding hydrogens is 363 g/mol. The number of aldehydes is 1. The van der Waals surface area contributed by atoms with Gasteiger partial charge < -0.3 is 4.74 Å². The second kappa shape index (κ2) is 8.06. The highest BCUT2D eigenvalue weighted by Gasteiger charge is 2.10. The van der Waals surface area contributed by atoms with Crippen LogP contribution in [0.15, 0.2) is 36.4 Å². The van der Waals surface area contributed by atoms with Crippen molar-refractivity contribution in [1.82, 2.24) is 5.43 Å². The molecule has 0 atom stereocenters. The van der Waals surface area contributed by atoms with Crippen LogP contribution in [-0.2, 0) is 4.79 Å². The van der Waals surface area contributed by atoms with Gasteiger partial charge >= 0.3 is 0 Å². The minimum absolute atomic E-state index is 0.259. The first kappa shape index (κ1) is 17.4. The van der Waals surface area contributed by atoms with E-state index in [0.29, 0.717) is 28.3 Å². The van der Waals surface area contributed by atoms with E-state index < -0.39 is 5.91 Å². The Morgan fingerprint density at radius 1 is 1.13 bits per heavy atom. The predicted octanol–water partition coefficient (Wildman–Crippen LogP) is 3.98. The van der Waals surface area contributed by atoms with Gasteiger partial charge in [-0.05, 0) is 24.3 Å². The summed E-state index contributed by atoms with van der Waals surface area (Å²) in [6.07, 6.45) is 0.652. The lowest BCUT2D eigenvalue weighted by Gasteiger charge is -2.13. The number of hydrogen-bond acceptors (Lipinski definition) is 4. The van der Waals surface area contributed by atoms with E-state index >= 15 is 0 Å². The van der Waals surface area contributed by atoms with Gasteiger partial charge in [0.1, 0.15) is 5.75 Å². The van der Waals surface area contributed by atoms with E-state index in [2.05, 4.69) is 10.9 Å². The average molecular weight is 374 g/mol. The Kier molecular flexibility index (Phi) is 6.10. The molecule has 0 aliphatic rings. The molecule has 5 nitrogen and oxygen atoms in total. The molecule has 0 saturated carbocycles. The fraction of sp³-hybridized carbons (Fsp3) is 0.0667. The molecule has 8 heteroatoms. The molecule has 23 heavy (non-hydrogen) atoms. The van der Waals surface area contributed by atoms with Crippen molar-refractivity contribution in [3.63, 3.8) is 0 Å². The fourth-order valence-corrected chi connectivity index (χ4v) is 2.59. The standard InChI is InChI=1S/C15H11Cl3N2O3/c16-10-5-11(17)15(12(18)6-10)20-19-14(22)8-23-13-4-2-1-3-9(13)7-21/h1-7,20H,8H2,(H,19,22). The van der Waals surface area contributed by atoms with Crippen molar-refractivity contribution in [1.29, 1.82) is 0 Å². The van der Waals surface area contributed by atoms with E-state index in [-0.39, 0.29) is 16.7 Å². The number of hydrogen-bond donors (Lipinski definition) is 2. The Labute approximate surface area is 147 Å². The van der Waals surface area contributed by atoms with Crippen molar-refractivity contribution in [3.8, 4) is 5.75 Å². The van der Waals surface area contributed by atoms with Crippen LogP contribution in [0.4, 0.5) is 5.69 Å². The number of ether oxygens (including phenoxy) is 1. The van der Waals surface area contributed by atoms with Crippen LogP contribution >= 0.6 is 34.8 Å². The van der Waals surface area contributed by atoms with Gasteiger partial charge in [-0.25, -0.2) is 0 Å². The van der Waals surface area contributed by atoms with Crippen molar-refractivity contribution < 1.29 is 14.3 Å². The molecule has 2 rings (SSSR count). The summed E-state index contributed by atoms with van der Waals surface area (Å²) >= 11 is 17.8. The summed E-state index contributed by atoms with van der Waals surface area (Å²) in [5, 5.41) is 0.899. The number of carbonyl (C=O) groups is 2. The Morgan fingerprint density at radius 3 is 2.43 bits per heavy atom. The first-order chi connectivity index (χ1) is 11.0. The molecule has 0 bridgehead atoms. The fourth-order valence-electron chi connectivity index (χ4n) is 1.68. The van der Waals surface area contributed by atoms with Gasteiger partial charge in [0.05, 0.1) is 21.3 Å². The summed E-state index contributed by atoms with van der Waals surface area (Å²) in [5.41, 5.74) is 5.67. The van der Waals surface area contributed by atoms with Crippen LogP contribution in [0.2, 0.25) is 15.1 Å². The first-order valence-corrected chi connectivity index (χ1v) is 7.51. The molecule has 0 aromatic heterocycles. The van der Waals surface area contributed by atoms with Gasteiger partial charge in [0, 0.05) is 5.02 Å². The van der Waals surface area contributed by atoms with Crippen molar-refractivity contribution in [3.05, 3.63) is 57.0 Å². The number of para-hydroxylation sites is 1. The van der Waals surface area contributed by atoms with Crippen LogP contribution < -0.4 is 15.6 Å². The molecule has 2 aromatic carbocycles. The molecule has 0 unspecified atom stereocenters. The normalized spacial score (nSPS) is 10.0. The number of nitrogens with one attached hydrogen (secondary N) is 2. The lowest BCUT2D eigenvalue weighted by atomic mass is 10.2. The van der Waals surface area contributed by atoms with Crippen LogP contribution in [0.3, 0.4) is 0 Å². The third kappa shape index (κ3) is 4.76. The maximum absolute atomic E-state index is 11.8. The molecule has 0 heterocycles. The Bertz CT molecular complexity index is 715. The van der Waals surface area contributed by atoms with Gasteiger partial charge in [0.2, 0.25) is 0 Å². The molecule has 1 amide bonds. The lowest BCUT2D eigenvalue weighted by molar-refractivity contribution is -0.122. The topological polar surface area (TPSA) is 67.4 Å². The number of benzene rings is 2. The van der Waals surface area contributed by atoms with E-state index in [1.807, 2.05) is 0 Å². The highest BCUT2D eigenvalue weighted by atomic mass is 35.5. The molecule has 2 N–H and O–H groups in total. The van der Waals surface area contributed by atoms with Crippen LogP contribution in [0.25, 0.3) is 0 Å². The summed E-state index contributed by atoms with van der Waals surface area (Å²) < 4.78 is 5.29. The third-order valence-corrected chi connectivity index (χ3v) is 3.55. The zero-order chi connectivity index (χ0) is 16.8. The van der Waals surface area contributed by atoms with Crippen LogP contribution in [0.5, 0.6) is 5.75 Å². The van der Waals surface area contributed by atoms with Crippen molar-refractivity contribution >= 4 is 52.7 Å². The van der Waals surface area contributed by atoms with E-state index in [1.165, 1.54) is 12.1 Å². The molecule has 0 aliphatic carbocycles. The molecule has 2 aromatic rings. The largest absolute Gasteiger partial charge is 0.483 e. The Morgan fingerprint density at radius 2 is 1.78 bits per heavy atom.